The summed E-state index contributed by atoms with van der Waals surface area (Å²) in [6.45, 7) is 6.37. The zero-order valence-electron chi connectivity index (χ0n) is 21.8. The van der Waals surface area contributed by atoms with Gasteiger partial charge in [-0.3, -0.25) is 9.47 Å². The molecular formula is C28H34ClN5O3. The quantitative estimate of drug-likeness (QED) is 0.373. The summed E-state index contributed by atoms with van der Waals surface area (Å²) in [6, 6.07) is 6.36. The van der Waals surface area contributed by atoms with Gasteiger partial charge < -0.3 is 9.26 Å². The van der Waals surface area contributed by atoms with Crippen molar-refractivity contribution >= 4 is 17.7 Å². The predicted octanol–water partition coefficient (Wildman–Crippen LogP) is 6.18. The van der Waals surface area contributed by atoms with Crippen LogP contribution in [0.3, 0.4) is 0 Å². The second-order valence-electron chi connectivity index (χ2n) is 11.7. The number of nitrogens with zero attached hydrogens (tertiary/aromatic N) is 5. The number of hydrogen-bond donors (Lipinski definition) is 0. The summed E-state index contributed by atoms with van der Waals surface area (Å²) in [5.41, 5.74) is 5.01. The number of hydrogen-bond acceptors (Lipinski definition) is 6. The highest BCUT2D eigenvalue weighted by molar-refractivity contribution is 6.24. The SMILES string of the molecule is CC(C)(C)OC(=O)N1Cc2cc(C3(Cl)CCC(c4onc5c4CCCC5)CC3)ccc2-n2cnnc2C1. The molecule has 3 heterocycles. The Labute approximate surface area is 222 Å². The van der Waals surface area contributed by atoms with Crippen molar-refractivity contribution in [2.45, 2.75) is 102 Å². The molecule has 0 radical (unpaired) electrons. The first-order valence-electron chi connectivity index (χ1n) is 13.4. The number of halogens is 1. The number of carbonyl (C=O) groups excluding carboxylic acids is 1. The molecule has 1 fully saturated rings. The van der Waals surface area contributed by atoms with E-state index in [9.17, 15) is 4.79 Å². The molecule has 3 aromatic rings. The lowest BCUT2D eigenvalue weighted by Gasteiger charge is -2.36. The highest BCUT2D eigenvalue weighted by Gasteiger charge is 2.39. The molecule has 0 atom stereocenters. The van der Waals surface area contributed by atoms with E-state index < -0.39 is 10.5 Å². The molecule has 1 aliphatic heterocycles. The normalized spacial score (nSPS) is 23.6. The Hall–Kier alpha value is -2.87. The molecule has 9 heteroatoms. The van der Waals surface area contributed by atoms with Crippen LogP contribution in [0.2, 0.25) is 0 Å². The van der Waals surface area contributed by atoms with Crippen LogP contribution in [0.25, 0.3) is 5.69 Å². The lowest BCUT2D eigenvalue weighted by molar-refractivity contribution is 0.0214. The van der Waals surface area contributed by atoms with Gasteiger partial charge in [-0.15, -0.1) is 21.8 Å². The number of carbonyl (C=O) groups is 1. The zero-order chi connectivity index (χ0) is 25.8. The number of rotatable bonds is 2. The molecule has 196 valence electrons. The third-order valence-corrected chi connectivity index (χ3v) is 8.56. The molecular weight excluding hydrogens is 490 g/mol. The minimum atomic E-state index is -0.580. The fourth-order valence-electron chi connectivity index (χ4n) is 6.04. The van der Waals surface area contributed by atoms with E-state index in [2.05, 4.69) is 33.6 Å². The van der Waals surface area contributed by atoms with Crippen molar-refractivity contribution < 1.29 is 14.1 Å². The molecule has 2 aliphatic carbocycles. The topological polar surface area (TPSA) is 86.3 Å². The van der Waals surface area contributed by atoms with Crippen molar-refractivity contribution in [3.63, 3.8) is 0 Å². The standard InChI is InChI=1S/C28H34ClN5O3/c1-27(2,3)36-26(35)33-15-19-14-20(8-9-23(19)34-17-30-31-24(34)16-33)28(29)12-10-18(11-13-28)25-21-6-4-5-7-22(21)32-37-25/h8-9,14,17-18H,4-7,10-13,15-16H2,1-3H3. The van der Waals surface area contributed by atoms with E-state index in [0.717, 1.165) is 66.8 Å². The van der Waals surface area contributed by atoms with E-state index in [1.807, 2.05) is 25.3 Å². The average molecular weight is 524 g/mol. The van der Waals surface area contributed by atoms with Gasteiger partial charge in [0.25, 0.3) is 0 Å². The lowest BCUT2D eigenvalue weighted by Crippen LogP contribution is -2.36. The molecule has 0 N–H and O–H groups in total. The van der Waals surface area contributed by atoms with E-state index in [0.29, 0.717) is 24.8 Å². The van der Waals surface area contributed by atoms with Gasteiger partial charge >= 0.3 is 6.09 Å². The maximum Gasteiger partial charge on any atom is 0.411 e. The van der Waals surface area contributed by atoms with Crippen LogP contribution in [0.1, 0.15) is 99.2 Å². The molecule has 0 unspecified atom stereocenters. The van der Waals surface area contributed by atoms with Crippen LogP contribution in [-0.2, 0) is 35.5 Å². The fourth-order valence-corrected chi connectivity index (χ4v) is 6.38. The molecule has 1 saturated carbocycles. The van der Waals surface area contributed by atoms with Crippen molar-refractivity contribution in [1.82, 2.24) is 24.8 Å². The van der Waals surface area contributed by atoms with Gasteiger partial charge in [0.1, 0.15) is 17.7 Å². The van der Waals surface area contributed by atoms with E-state index in [1.54, 1.807) is 11.2 Å². The van der Waals surface area contributed by atoms with Crippen LogP contribution < -0.4 is 0 Å². The number of fused-ring (bicyclic) bond motifs is 4. The van der Waals surface area contributed by atoms with Gasteiger partial charge in [-0.2, -0.15) is 0 Å². The van der Waals surface area contributed by atoms with Gasteiger partial charge in [0.05, 0.1) is 29.3 Å². The average Bonchev–Trinajstić information content (AvgIpc) is 3.47. The molecule has 1 aromatic carbocycles. The Balaban J connectivity index is 1.25. The first-order chi connectivity index (χ1) is 17.7. The molecule has 3 aliphatic rings. The fraction of sp³-hybridized carbons (Fsp3) is 0.571. The number of benzene rings is 1. The molecule has 37 heavy (non-hydrogen) atoms. The minimum absolute atomic E-state index is 0.328. The minimum Gasteiger partial charge on any atom is -0.444 e. The zero-order valence-corrected chi connectivity index (χ0v) is 22.6. The van der Waals surface area contributed by atoms with Gasteiger partial charge in [0.2, 0.25) is 0 Å². The molecule has 6 rings (SSSR count). The highest BCUT2D eigenvalue weighted by atomic mass is 35.5. The molecule has 0 spiro atoms. The van der Waals surface area contributed by atoms with Crippen molar-refractivity contribution in [2.75, 3.05) is 0 Å². The third-order valence-electron chi connectivity index (χ3n) is 7.96. The Bertz CT molecular complexity index is 1320. The van der Waals surface area contributed by atoms with Crippen LogP contribution in [0.5, 0.6) is 0 Å². The van der Waals surface area contributed by atoms with Crippen molar-refractivity contribution in [3.05, 3.63) is 58.5 Å². The van der Waals surface area contributed by atoms with Gasteiger partial charge in [-0.05, 0) is 89.3 Å². The van der Waals surface area contributed by atoms with Crippen molar-refractivity contribution in [2.24, 2.45) is 0 Å². The maximum absolute atomic E-state index is 13.0. The van der Waals surface area contributed by atoms with Crippen LogP contribution in [0.4, 0.5) is 4.79 Å². The van der Waals surface area contributed by atoms with Gasteiger partial charge in [-0.1, -0.05) is 17.3 Å². The maximum atomic E-state index is 13.0. The number of amides is 1. The summed E-state index contributed by atoms with van der Waals surface area (Å²) in [6.07, 6.45) is 9.55. The monoisotopic (exact) mass is 523 g/mol. The summed E-state index contributed by atoms with van der Waals surface area (Å²) < 4.78 is 13.5. The molecule has 0 bridgehead atoms. The Morgan fingerprint density at radius 1 is 1.16 bits per heavy atom. The first kappa shape index (κ1) is 24.5. The summed E-state index contributed by atoms with van der Waals surface area (Å²) >= 11 is 7.34. The van der Waals surface area contributed by atoms with Crippen LogP contribution in [-0.4, -0.2) is 36.5 Å². The second-order valence-corrected chi connectivity index (χ2v) is 12.4. The van der Waals surface area contributed by atoms with E-state index >= 15 is 0 Å². The van der Waals surface area contributed by atoms with E-state index in [-0.39, 0.29) is 6.09 Å². The van der Waals surface area contributed by atoms with E-state index in [1.165, 1.54) is 18.4 Å². The second kappa shape index (κ2) is 9.15. The van der Waals surface area contributed by atoms with Crippen molar-refractivity contribution in [3.8, 4) is 5.69 Å². The van der Waals surface area contributed by atoms with Crippen LogP contribution >= 0.6 is 11.6 Å². The summed E-state index contributed by atoms with van der Waals surface area (Å²) in [4.78, 5) is 14.2. The Morgan fingerprint density at radius 3 is 2.73 bits per heavy atom. The van der Waals surface area contributed by atoms with Crippen LogP contribution in [0.15, 0.2) is 29.0 Å². The van der Waals surface area contributed by atoms with Gasteiger partial charge in [0, 0.05) is 11.5 Å². The Kier molecular flexibility index (Phi) is 6.05. The first-order valence-corrected chi connectivity index (χ1v) is 13.7. The van der Waals surface area contributed by atoms with Gasteiger partial charge in [0.15, 0.2) is 5.82 Å². The summed E-state index contributed by atoms with van der Waals surface area (Å²) in [7, 11) is 0. The van der Waals surface area contributed by atoms with Crippen molar-refractivity contribution in [1.29, 1.82) is 0 Å². The van der Waals surface area contributed by atoms with Gasteiger partial charge in [-0.25, -0.2) is 4.79 Å². The largest absolute Gasteiger partial charge is 0.444 e. The number of aromatic nitrogens is 4. The highest BCUT2D eigenvalue weighted by Crippen LogP contribution is 2.49. The predicted molar refractivity (Wildman–Crippen MR) is 139 cm³/mol. The summed E-state index contributed by atoms with van der Waals surface area (Å²) in [5.74, 6) is 2.18. The summed E-state index contributed by atoms with van der Waals surface area (Å²) in [5, 5.41) is 12.7. The van der Waals surface area contributed by atoms with Crippen LogP contribution in [0, 0.1) is 0 Å². The number of ether oxygens (including phenoxy) is 1. The Morgan fingerprint density at radius 2 is 1.95 bits per heavy atom. The number of aryl methyl sites for hydroxylation is 1. The van der Waals surface area contributed by atoms with E-state index in [4.69, 9.17) is 20.9 Å². The molecule has 2 aromatic heterocycles. The molecule has 8 nitrogen and oxygen atoms in total. The molecule has 0 saturated heterocycles. The molecule has 1 amide bonds. The smallest absolute Gasteiger partial charge is 0.411 e. The number of alkyl halides is 1. The lowest BCUT2D eigenvalue weighted by atomic mass is 9.75. The third kappa shape index (κ3) is 4.65.